The van der Waals surface area contributed by atoms with Gasteiger partial charge in [0.15, 0.2) is 0 Å². The van der Waals surface area contributed by atoms with Gasteiger partial charge in [-0.2, -0.15) is 0 Å². The van der Waals surface area contributed by atoms with Crippen molar-refractivity contribution in [2.24, 2.45) is 0 Å². The maximum absolute atomic E-state index is 9.55. The molecule has 1 rings (SSSR count). The second-order valence-corrected chi connectivity index (χ2v) is 4.91. The second kappa shape index (κ2) is 7.39. The molecule has 3 heteroatoms. The van der Waals surface area contributed by atoms with E-state index in [2.05, 4.69) is 24.8 Å². The van der Waals surface area contributed by atoms with Crippen molar-refractivity contribution in [1.82, 2.24) is 4.90 Å². The van der Waals surface area contributed by atoms with Gasteiger partial charge in [0, 0.05) is 24.7 Å². The van der Waals surface area contributed by atoms with E-state index in [0.29, 0.717) is 19.2 Å². The third-order valence-corrected chi connectivity index (χ3v) is 2.87. The average molecular weight is 251 g/mol. The Labute approximate surface area is 110 Å². The first kappa shape index (κ1) is 15.0. The fourth-order valence-corrected chi connectivity index (χ4v) is 1.95. The third kappa shape index (κ3) is 4.67. The van der Waals surface area contributed by atoms with Crippen LogP contribution in [0.25, 0.3) is 0 Å². The number of hydrogen-bond donors (Lipinski definition) is 1. The molecule has 3 nitrogen and oxygen atoms in total. The molecule has 18 heavy (non-hydrogen) atoms. The van der Waals surface area contributed by atoms with Crippen molar-refractivity contribution in [3.05, 3.63) is 29.8 Å². The highest BCUT2D eigenvalue weighted by atomic mass is 16.5. The smallest absolute Gasteiger partial charge is 0.123 e. The van der Waals surface area contributed by atoms with Gasteiger partial charge < -0.3 is 9.84 Å². The molecule has 0 bridgehead atoms. The van der Waals surface area contributed by atoms with E-state index in [1.165, 1.54) is 5.56 Å². The zero-order valence-electron chi connectivity index (χ0n) is 11.9. The van der Waals surface area contributed by atoms with E-state index in [-0.39, 0.29) is 6.10 Å². The van der Waals surface area contributed by atoms with Crippen LogP contribution < -0.4 is 4.74 Å². The van der Waals surface area contributed by atoms with Crippen molar-refractivity contribution in [3.8, 4) is 5.75 Å². The molecule has 0 aliphatic carbocycles. The van der Waals surface area contributed by atoms with Crippen molar-refractivity contribution in [1.29, 1.82) is 0 Å². The normalized spacial score (nSPS) is 13.1. The summed E-state index contributed by atoms with van der Waals surface area (Å²) in [5.41, 5.74) is 1.17. The number of ether oxygens (including phenoxy) is 1. The molecule has 1 aromatic rings. The summed E-state index contributed by atoms with van der Waals surface area (Å²) in [4.78, 5) is 2.25. The average Bonchev–Trinajstić information content (AvgIpc) is 2.30. The Morgan fingerprint density at radius 1 is 1.22 bits per heavy atom. The Bertz CT molecular complexity index is 350. The van der Waals surface area contributed by atoms with Crippen LogP contribution in [0.1, 0.15) is 33.3 Å². The van der Waals surface area contributed by atoms with Crippen molar-refractivity contribution in [2.75, 3.05) is 13.2 Å². The van der Waals surface area contributed by atoms with Crippen molar-refractivity contribution in [3.63, 3.8) is 0 Å². The molecular formula is C15H25NO2. The molecule has 0 radical (unpaired) electrons. The van der Waals surface area contributed by atoms with E-state index < -0.39 is 0 Å². The molecule has 0 aromatic heterocycles. The predicted molar refractivity (Wildman–Crippen MR) is 74.8 cm³/mol. The van der Waals surface area contributed by atoms with E-state index in [0.717, 1.165) is 12.3 Å². The molecule has 0 amide bonds. The van der Waals surface area contributed by atoms with E-state index in [9.17, 15) is 5.11 Å². The quantitative estimate of drug-likeness (QED) is 0.808. The van der Waals surface area contributed by atoms with Crippen LogP contribution in [0.4, 0.5) is 0 Å². The van der Waals surface area contributed by atoms with Crippen LogP contribution in [0.5, 0.6) is 5.75 Å². The number of aliphatic hydroxyl groups excluding tert-OH is 1. The highest BCUT2D eigenvalue weighted by Gasteiger charge is 2.14. The van der Waals surface area contributed by atoms with Gasteiger partial charge in [0.1, 0.15) is 5.75 Å². The molecular weight excluding hydrogens is 226 g/mol. The summed E-state index contributed by atoms with van der Waals surface area (Å²) >= 11 is 0. The highest BCUT2D eigenvalue weighted by Crippen LogP contribution is 2.20. The van der Waals surface area contributed by atoms with Crippen LogP contribution in [-0.4, -0.2) is 35.3 Å². The first-order valence-electron chi connectivity index (χ1n) is 6.67. The number of aliphatic hydroxyl groups is 1. The van der Waals surface area contributed by atoms with Crippen molar-refractivity contribution in [2.45, 2.75) is 46.4 Å². The summed E-state index contributed by atoms with van der Waals surface area (Å²) in [5.74, 6) is 0.941. The summed E-state index contributed by atoms with van der Waals surface area (Å²) in [6, 6.07) is 8.50. The van der Waals surface area contributed by atoms with Crippen LogP contribution in [0.2, 0.25) is 0 Å². The van der Waals surface area contributed by atoms with Gasteiger partial charge in [-0.1, -0.05) is 18.2 Å². The fourth-order valence-electron chi connectivity index (χ4n) is 1.95. The van der Waals surface area contributed by atoms with Gasteiger partial charge in [-0.15, -0.1) is 0 Å². The molecule has 0 fully saturated rings. The SMILES string of the molecule is CCOc1ccccc1CN(CC(C)O)C(C)C. The number of benzene rings is 1. The lowest BCUT2D eigenvalue weighted by Crippen LogP contribution is -2.36. The lowest BCUT2D eigenvalue weighted by Gasteiger charge is -2.28. The monoisotopic (exact) mass is 251 g/mol. The number of para-hydroxylation sites is 1. The van der Waals surface area contributed by atoms with Gasteiger partial charge in [-0.25, -0.2) is 0 Å². The van der Waals surface area contributed by atoms with E-state index in [1.807, 2.05) is 32.0 Å². The van der Waals surface area contributed by atoms with Crippen molar-refractivity contribution < 1.29 is 9.84 Å². The molecule has 0 heterocycles. The minimum absolute atomic E-state index is 0.313. The minimum atomic E-state index is -0.313. The molecule has 0 aliphatic rings. The molecule has 102 valence electrons. The second-order valence-electron chi connectivity index (χ2n) is 4.91. The number of nitrogens with zero attached hydrogens (tertiary/aromatic N) is 1. The Morgan fingerprint density at radius 3 is 2.44 bits per heavy atom. The Morgan fingerprint density at radius 2 is 1.89 bits per heavy atom. The number of rotatable bonds is 7. The summed E-state index contributed by atoms with van der Waals surface area (Å²) in [7, 11) is 0. The minimum Gasteiger partial charge on any atom is -0.494 e. The first-order chi connectivity index (χ1) is 8.54. The lowest BCUT2D eigenvalue weighted by atomic mass is 10.1. The van der Waals surface area contributed by atoms with Crippen LogP contribution in [0.3, 0.4) is 0 Å². The van der Waals surface area contributed by atoms with Gasteiger partial charge in [-0.05, 0) is 33.8 Å². The van der Waals surface area contributed by atoms with Gasteiger partial charge in [0.2, 0.25) is 0 Å². The largest absolute Gasteiger partial charge is 0.494 e. The third-order valence-electron chi connectivity index (χ3n) is 2.87. The predicted octanol–water partition coefficient (Wildman–Crippen LogP) is 2.68. The lowest BCUT2D eigenvalue weighted by molar-refractivity contribution is 0.102. The van der Waals surface area contributed by atoms with E-state index in [1.54, 1.807) is 0 Å². The van der Waals surface area contributed by atoms with Crippen LogP contribution >= 0.6 is 0 Å². The maximum atomic E-state index is 9.55. The van der Waals surface area contributed by atoms with Gasteiger partial charge in [0.25, 0.3) is 0 Å². The van der Waals surface area contributed by atoms with Crippen LogP contribution in [0, 0.1) is 0 Å². The van der Waals surface area contributed by atoms with E-state index in [4.69, 9.17) is 4.74 Å². The van der Waals surface area contributed by atoms with Gasteiger partial charge in [-0.3, -0.25) is 4.90 Å². The zero-order chi connectivity index (χ0) is 13.5. The topological polar surface area (TPSA) is 32.7 Å². The molecule has 1 unspecified atom stereocenters. The zero-order valence-corrected chi connectivity index (χ0v) is 11.9. The fraction of sp³-hybridized carbons (Fsp3) is 0.600. The number of hydrogen-bond acceptors (Lipinski definition) is 3. The highest BCUT2D eigenvalue weighted by molar-refractivity contribution is 5.33. The summed E-state index contributed by atoms with van der Waals surface area (Å²) in [6.45, 7) is 10.3. The Balaban J connectivity index is 2.79. The molecule has 0 spiro atoms. The van der Waals surface area contributed by atoms with Crippen LogP contribution in [-0.2, 0) is 6.54 Å². The van der Waals surface area contributed by atoms with Crippen LogP contribution in [0.15, 0.2) is 24.3 Å². The summed E-state index contributed by atoms with van der Waals surface area (Å²) in [6.07, 6.45) is -0.313. The molecule has 0 saturated carbocycles. The Kier molecular flexibility index (Phi) is 6.16. The van der Waals surface area contributed by atoms with Gasteiger partial charge >= 0.3 is 0 Å². The maximum Gasteiger partial charge on any atom is 0.123 e. The molecule has 1 N–H and O–H groups in total. The van der Waals surface area contributed by atoms with Gasteiger partial charge in [0.05, 0.1) is 12.7 Å². The molecule has 1 aromatic carbocycles. The molecule has 1 atom stereocenters. The molecule has 0 saturated heterocycles. The molecule has 0 aliphatic heterocycles. The standard InChI is InChI=1S/C15H25NO2/c1-5-18-15-9-7-6-8-14(15)11-16(12(2)3)10-13(4)17/h6-9,12-13,17H,5,10-11H2,1-4H3. The van der Waals surface area contributed by atoms with Crippen molar-refractivity contribution >= 4 is 0 Å². The summed E-state index contributed by atoms with van der Waals surface area (Å²) < 4.78 is 5.63. The summed E-state index contributed by atoms with van der Waals surface area (Å²) in [5, 5.41) is 9.55. The van der Waals surface area contributed by atoms with E-state index >= 15 is 0 Å². The first-order valence-corrected chi connectivity index (χ1v) is 6.67. The Hall–Kier alpha value is -1.06.